The first-order valence-corrected chi connectivity index (χ1v) is 7.27. The van der Waals surface area contributed by atoms with Crippen LogP contribution in [0.1, 0.15) is 17.9 Å². The number of rotatable bonds is 3. The molecule has 0 bridgehead atoms. The van der Waals surface area contributed by atoms with Crippen molar-refractivity contribution in [3.8, 4) is 5.75 Å². The average Bonchev–Trinajstić information content (AvgIpc) is 2.94. The van der Waals surface area contributed by atoms with Gasteiger partial charge in [-0.3, -0.25) is 9.48 Å². The molecule has 1 amide bonds. The molecule has 6 heteroatoms. The number of benzene rings is 1. The van der Waals surface area contributed by atoms with Gasteiger partial charge in [0.2, 0.25) is 5.91 Å². The number of nitrogens with zero attached hydrogens (tertiary/aromatic N) is 3. The lowest BCUT2D eigenvalue weighted by molar-refractivity contribution is -0.120. The summed E-state index contributed by atoms with van der Waals surface area (Å²) in [6, 6.07) is 7.70. The van der Waals surface area contributed by atoms with Crippen LogP contribution in [0.5, 0.6) is 5.75 Å². The minimum absolute atomic E-state index is 0.0465. The summed E-state index contributed by atoms with van der Waals surface area (Å²) in [5, 5.41) is 4.14. The lowest BCUT2D eigenvalue weighted by Gasteiger charge is -2.36. The molecule has 0 radical (unpaired) electrons. The second-order valence-corrected chi connectivity index (χ2v) is 5.62. The van der Waals surface area contributed by atoms with Gasteiger partial charge in [0.15, 0.2) is 0 Å². The van der Waals surface area contributed by atoms with Crippen molar-refractivity contribution in [2.24, 2.45) is 12.8 Å². The molecule has 2 atom stereocenters. The maximum Gasteiger partial charge on any atom is 0.228 e. The molecule has 116 valence electrons. The lowest BCUT2D eigenvalue weighted by Crippen LogP contribution is -2.49. The quantitative estimate of drug-likeness (QED) is 0.926. The highest BCUT2D eigenvalue weighted by atomic mass is 16.5. The number of nitrogens with two attached hydrogens (primary N) is 1. The van der Waals surface area contributed by atoms with E-state index in [1.807, 2.05) is 37.5 Å². The summed E-state index contributed by atoms with van der Waals surface area (Å²) < 4.78 is 6.88. The Balaban J connectivity index is 1.85. The molecule has 1 unspecified atom stereocenters. The van der Waals surface area contributed by atoms with Gasteiger partial charge in [-0.15, -0.1) is 0 Å². The number of aromatic nitrogens is 2. The van der Waals surface area contributed by atoms with Crippen LogP contribution < -0.4 is 15.4 Å². The van der Waals surface area contributed by atoms with Crippen molar-refractivity contribution in [2.75, 3.05) is 18.6 Å². The van der Waals surface area contributed by atoms with E-state index in [0.29, 0.717) is 13.0 Å². The molecule has 2 N–H and O–H groups in total. The number of carbonyl (C=O) groups excluding carboxylic acids is 1. The third-order valence-corrected chi connectivity index (χ3v) is 4.15. The fourth-order valence-electron chi connectivity index (χ4n) is 2.89. The first kappa shape index (κ1) is 14.6. The van der Waals surface area contributed by atoms with Gasteiger partial charge >= 0.3 is 0 Å². The smallest absolute Gasteiger partial charge is 0.228 e. The third kappa shape index (κ3) is 2.69. The van der Waals surface area contributed by atoms with Crippen LogP contribution in [0, 0.1) is 0 Å². The van der Waals surface area contributed by atoms with Crippen LogP contribution in [0.2, 0.25) is 0 Å². The molecule has 0 aliphatic carbocycles. The normalized spacial score (nSPS) is 22.0. The zero-order valence-electron chi connectivity index (χ0n) is 12.8. The number of hydrogen-bond donors (Lipinski definition) is 1. The molecular formula is C16H20N4O2. The standard InChI is InChI=1S/C16H20N4O2/c1-19-9-12(8-18-19)20-10-14(15(17)7-16(20)21)11-3-5-13(22-2)6-4-11/h3-6,8-9,14-15H,7,10,17H2,1-2H3/t14?,15-/m1/s1. The van der Waals surface area contributed by atoms with Crippen LogP contribution in [-0.4, -0.2) is 35.4 Å². The van der Waals surface area contributed by atoms with Crippen molar-refractivity contribution in [1.82, 2.24) is 9.78 Å². The molecule has 2 heterocycles. The second kappa shape index (κ2) is 5.81. The van der Waals surface area contributed by atoms with Gasteiger partial charge in [-0.25, -0.2) is 0 Å². The van der Waals surface area contributed by atoms with E-state index in [1.54, 1.807) is 22.9 Å². The van der Waals surface area contributed by atoms with Gasteiger partial charge in [0.25, 0.3) is 0 Å². The summed E-state index contributed by atoms with van der Waals surface area (Å²) >= 11 is 0. The van der Waals surface area contributed by atoms with Crippen LogP contribution in [0.4, 0.5) is 5.69 Å². The van der Waals surface area contributed by atoms with Crippen LogP contribution >= 0.6 is 0 Å². The van der Waals surface area contributed by atoms with E-state index in [0.717, 1.165) is 17.0 Å². The molecule has 22 heavy (non-hydrogen) atoms. The van der Waals surface area contributed by atoms with Crippen LogP contribution in [-0.2, 0) is 11.8 Å². The highest BCUT2D eigenvalue weighted by Gasteiger charge is 2.34. The minimum Gasteiger partial charge on any atom is -0.497 e. The molecule has 1 fully saturated rings. The summed E-state index contributed by atoms with van der Waals surface area (Å²) in [5.41, 5.74) is 8.16. The van der Waals surface area contributed by atoms with E-state index in [9.17, 15) is 4.79 Å². The molecule has 6 nitrogen and oxygen atoms in total. The summed E-state index contributed by atoms with van der Waals surface area (Å²) in [6.45, 7) is 0.567. The number of aryl methyl sites for hydroxylation is 1. The Morgan fingerprint density at radius 3 is 2.64 bits per heavy atom. The van der Waals surface area contributed by atoms with Gasteiger partial charge < -0.3 is 15.4 Å². The molecule has 1 aliphatic rings. The molecular weight excluding hydrogens is 280 g/mol. The largest absolute Gasteiger partial charge is 0.497 e. The van der Waals surface area contributed by atoms with E-state index >= 15 is 0 Å². The molecule has 1 saturated heterocycles. The molecule has 1 aromatic carbocycles. The number of hydrogen-bond acceptors (Lipinski definition) is 4. The monoisotopic (exact) mass is 300 g/mol. The third-order valence-electron chi connectivity index (χ3n) is 4.15. The summed E-state index contributed by atoms with van der Waals surface area (Å²) in [6.07, 6.45) is 3.89. The second-order valence-electron chi connectivity index (χ2n) is 5.62. The zero-order chi connectivity index (χ0) is 15.7. The highest BCUT2D eigenvalue weighted by Crippen LogP contribution is 2.30. The summed E-state index contributed by atoms with van der Waals surface area (Å²) in [5.74, 6) is 0.961. The fraction of sp³-hybridized carbons (Fsp3) is 0.375. The van der Waals surface area contributed by atoms with Gasteiger partial charge in [0, 0.05) is 38.2 Å². The number of amides is 1. The molecule has 2 aromatic rings. The van der Waals surface area contributed by atoms with Crippen LogP contribution in [0.25, 0.3) is 0 Å². The number of methoxy groups -OCH3 is 1. The van der Waals surface area contributed by atoms with Gasteiger partial charge in [-0.2, -0.15) is 5.10 Å². The Hall–Kier alpha value is -2.34. The lowest BCUT2D eigenvalue weighted by atomic mass is 9.86. The summed E-state index contributed by atoms with van der Waals surface area (Å²) in [4.78, 5) is 14.0. The molecule has 1 aliphatic heterocycles. The molecule has 1 aromatic heterocycles. The average molecular weight is 300 g/mol. The first-order valence-electron chi connectivity index (χ1n) is 7.27. The Kier molecular flexibility index (Phi) is 3.85. The number of piperidine rings is 1. The van der Waals surface area contributed by atoms with Crippen molar-refractivity contribution in [1.29, 1.82) is 0 Å². The molecule has 0 spiro atoms. The van der Waals surface area contributed by atoms with Crippen molar-refractivity contribution < 1.29 is 9.53 Å². The maximum absolute atomic E-state index is 12.3. The first-order chi connectivity index (χ1) is 10.6. The zero-order valence-corrected chi connectivity index (χ0v) is 12.8. The van der Waals surface area contributed by atoms with Gasteiger partial charge in [0.1, 0.15) is 5.75 Å². The van der Waals surface area contributed by atoms with Gasteiger partial charge in [-0.1, -0.05) is 12.1 Å². The number of ether oxygens (including phenoxy) is 1. The van der Waals surface area contributed by atoms with Crippen molar-refractivity contribution in [2.45, 2.75) is 18.4 Å². The highest BCUT2D eigenvalue weighted by molar-refractivity contribution is 5.94. The Bertz CT molecular complexity index is 665. The Morgan fingerprint density at radius 2 is 2.05 bits per heavy atom. The van der Waals surface area contributed by atoms with E-state index < -0.39 is 0 Å². The SMILES string of the molecule is COc1ccc(C2CN(c3cnn(C)c3)C(=O)C[C@H]2N)cc1. The van der Waals surface area contributed by atoms with Crippen molar-refractivity contribution in [3.63, 3.8) is 0 Å². The Morgan fingerprint density at radius 1 is 1.32 bits per heavy atom. The predicted molar refractivity (Wildman–Crippen MR) is 83.9 cm³/mol. The van der Waals surface area contributed by atoms with E-state index in [-0.39, 0.29) is 17.9 Å². The number of anilines is 1. The van der Waals surface area contributed by atoms with Gasteiger partial charge in [-0.05, 0) is 17.7 Å². The topological polar surface area (TPSA) is 73.4 Å². The van der Waals surface area contributed by atoms with E-state index in [4.69, 9.17) is 10.5 Å². The molecule has 0 saturated carbocycles. The van der Waals surface area contributed by atoms with E-state index in [1.165, 1.54) is 0 Å². The number of carbonyl (C=O) groups is 1. The summed E-state index contributed by atoms with van der Waals surface area (Å²) in [7, 11) is 3.48. The van der Waals surface area contributed by atoms with Crippen LogP contribution in [0.3, 0.4) is 0 Å². The van der Waals surface area contributed by atoms with Crippen LogP contribution in [0.15, 0.2) is 36.7 Å². The fourth-order valence-corrected chi connectivity index (χ4v) is 2.89. The van der Waals surface area contributed by atoms with Crippen molar-refractivity contribution in [3.05, 3.63) is 42.2 Å². The van der Waals surface area contributed by atoms with Gasteiger partial charge in [0.05, 0.1) is 19.0 Å². The van der Waals surface area contributed by atoms with Crippen molar-refractivity contribution >= 4 is 11.6 Å². The molecule has 3 rings (SSSR count). The minimum atomic E-state index is -0.172. The Labute approximate surface area is 129 Å². The maximum atomic E-state index is 12.3. The van der Waals surface area contributed by atoms with E-state index in [2.05, 4.69) is 5.10 Å². The predicted octanol–water partition coefficient (Wildman–Crippen LogP) is 1.28.